The molecule has 25 heavy (non-hydrogen) atoms. The van der Waals surface area contributed by atoms with Crippen LogP contribution in [0.3, 0.4) is 0 Å². The third-order valence-corrected chi connectivity index (χ3v) is 4.77. The molecule has 0 saturated carbocycles. The van der Waals surface area contributed by atoms with Crippen molar-refractivity contribution in [1.29, 1.82) is 0 Å². The van der Waals surface area contributed by atoms with Crippen LogP contribution in [0.4, 0.5) is 0 Å². The van der Waals surface area contributed by atoms with Gasteiger partial charge in [0, 0.05) is 64.3 Å². The van der Waals surface area contributed by atoms with E-state index in [1.54, 1.807) is 0 Å². The number of nitrogens with zero attached hydrogens (tertiary/aromatic N) is 6. The van der Waals surface area contributed by atoms with Crippen LogP contribution >= 0.6 is 0 Å². The summed E-state index contributed by atoms with van der Waals surface area (Å²) in [7, 11) is 0. The Labute approximate surface area is 149 Å². The first-order chi connectivity index (χ1) is 12.2. The van der Waals surface area contributed by atoms with Crippen LogP contribution in [0.25, 0.3) is 0 Å². The van der Waals surface area contributed by atoms with E-state index < -0.39 is 0 Å². The zero-order chi connectivity index (χ0) is 17.6. The molecule has 7 heteroatoms. The lowest BCUT2D eigenvalue weighted by atomic mass is 10.3. The molecule has 1 aliphatic heterocycles. The smallest absolute Gasteiger partial charge is 0.224 e. The molecule has 0 N–H and O–H groups in total. The van der Waals surface area contributed by atoms with E-state index in [4.69, 9.17) is 0 Å². The molecule has 0 atom stereocenters. The summed E-state index contributed by atoms with van der Waals surface area (Å²) in [6, 6.07) is 0. The van der Waals surface area contributed by atoms with Crippen molar-refractivity contribution in [2.45, 2.75) is 46.3 Å². The van der Waals surface area contributed by atoms with Gasteiger partial charge in [-0.1, -0.05) is 0 Å². The maximum atomic E-state index is 12.5. The van der Waals surface area contributed by atoms with Crippen LogP contribution in [0.1, 0.15) is 31.2 Å². The highest BCUT2D eigenvalue weighted by atomic mass is 16.2. The van der Waals surface area contributed by atoms with Gasteiger partial charge in [-0.25, -0.2) is 4.98 Å². The number of aryl methyl sites for hydroxylation is 3. The van der Waals surface area contributed by atoms with Gasteiger partial charge >= 0.3 is 0 Å². The molecule has 3 rings (SSSR count). The SMILES string of the molecule is CCn1ccnc1CN1CCCN(C(=O)CCn2cc(C)cn2)CC1. The average Bonchev–Trinajstić information content (AvgIpc) is 3.16. The summed E-state index contributed by atoms with van der Waals surface area (Å²) in [5.74, 6) is 1.33. The quantitative estimate of drug-likeness (QED) is 0.797. The molecule has 136 valence electrons. The van der Waals surface area contributed by atoms with Crippen LogP contribution in [0.15, 0.2) is 24.8 Å². The Kier molecular flexibility index (Phi) is 5.86. The predicted octanol–water partition coefficient (Wildman–Crippen LogP) is 1.53. The minimum Gasteiger partial charge on any atom is -0.341 e. The third kappa shape index (κ3) is 4.69. The van der Waals surface area contributed by atoms with Gasteiger partial charge in [-0.2, -0.15) is 5.10 Å². The van der Waals surface area contributed by atoms with E-state index >= 15 is 0 Å². The number of carbonyl (C=O) groups excluding carboxylic acids is 1. The minimum atomic E-state index is 0.227. The number of hydrogen-bond acceptors (Lipinski definition) is 4. The van der Waals surface area contributed by atoms with Gasteiger partial charge < -0.3 is 9.47 Å². The molecule has 1 fully saturated rings. The van der Waals surface area contributed by atoms with Gasteiger partial charge in [0.05, 0.1) is 12.7 Å². The second-order valence-electron chi connectivity index (χ2n) is 6.67. The summed E-state index contributed by atoms with van der Waals surface area (Å²) < 4.78 is 4.03. The number of aromatic nitrogens is 4. The van der Waals surface area contributed by atoms with E-state index in [-0.39, 0.29) is 5.91 Å². The fourth-order valence-electron chi connectivity index (χ4n) is 3.32. The van der Waals surface area contributed by atoms with Crippen molar-refractivity contribution >= 4 is 5.91 Å². The van der Waals surface area contributed by atoms with Gasteiger partial charge in [0.25, 0.3) is 0 Å². The molecule has 0 aromatic carbocycles. The van der Waals surface area contributed by atoms with Crippen molar-refractivity contribution < 1.29 is 4.79 Å². The maximum absolute atomic E-state index is 12.5. The largest absolute Gasteiger partial charge is 0.341 e. The molecule has 0 spiro atoms. The van der Waals surface area contributed by atoms with E-state index in [1.165, 1.54) is 0 Å². The molecular weight excluding hydrogens is 316 g/mol. The molecular formula is C18H28N6O. The molecule has 3 heterocycles. The fourth-order valence-corrected chi connectivity index (χ4v) is 3.32. The number of rotatable bonds is 6. The van der Waals surface area contributed by atoms with E-state index in [9.17, 15) is 4.79 Å². The van der Waals surface area contributed by atoms with Crippen LogP contribution in [-0.2, 0) is 24.4 Å². The fraction of sp³-hybridized carbons (Fsp3) is 0.611. The second-order valence-corrected chi connectivity index (χ2v) is 6.67. The third-order valence-electron chi connectivity index (χ3n) is 4.77. The highest BCUT2D eigenvalue weighted by molar-refractivity contribution is 5.76. The Morgan fingerprint density at radius 3 is 2.88 bits per heavy atom. The Morgan fingerprint density at radius 2 is 2.12 bits per heavy atom. The first kappa shape index (κ1) is 17.7. The Hall–Kier alpha value is -2.15. The number of hydrogen-bond donors (Lipinski definition) is 0. The molecule has 1 aliphatic rings. The lowest BCUT2D eigenvalue weighted by Crippen LogP contribution is -2.35. The minimum absolute atomic E-state index is 0.227. The van der Waals surface area contributed by atoms with E-state index in [0.717, 1.165) is 57.1 Å². The van der Waals surface area contributed by atoms with Crippen LogP contribution in [0, 0.1) is 6.92 Å². The molecule has 1 amide bonds. The lowest BCUT2D eigenvalue weighted by molar-refractivity contribution is -0.131. The monoisotopic (exact) mass is 344 g/mol. The van der Waals surface area contributed by atoms with Crippen molar-refractivity contribution in [3.05, 3.63) is 36.2 Å². The molecule has 7 nitrogen and oxygen atoms in total. The van der Waals surface area contributed by atoms with Gasteiger partial charge in [0.1, 0.15) is 5.82 Å². The summed E-state index contributed by atoms with van der Waals surface area (Å²) in [4.78, 5) is 21.4. The van der Waals surface area contributed by atoms with Crippen LogP contribution in [-0.4, -0.2) is 61.2 Å². The average molecular weight is 344 g/mol. The molecule has 2 aromatic heterocycles. The number of amides is 1. The molecule has 0 radical (unpaired) electrons. The van der Waals surface area contributed by atoms with Crippen LogP contribution < -0.4 is 0 Å². The highest BCUT2D eigenvalue weighted by Crippen LogP contribution is 2.10. The maximum Gasteiger partial charge on any atom is 0.224 e. The molecule has 1 saturated heterocycles. The lowest BCUT2D eigenvalue weighted by Gasteiger charge is -2.22. The van der Waals surface area contributed by atoms with Crippen molar-refractivity contribution in [2.24, 2.45) is 0 Å². The van der Waals surface area contributed by atoms with Gasteiger partial charge in [0.2, 0.25) is 5.91 Å². The topological polar surface area (TPSA) is 59.2 Å². The van der Waals surface area contributed by atoms with Gasteiger partial charge in [-0.3, -0.25) is 14.4 Å². The summed E-state index contributed by atoms with van der Waals surface area (Å²) in [5.41, 5.74) is 1.13. The van der Waals surface area contributed by atoms with Crippen molar-refractivity contribution in [3.63, 3.8) is 0 Å². The molecule has 0 unspecified atom stereocenters. The van der Waals surface area contributed by atoms with Crippen LogP contribution in [0.5, 0.6) is 0 Å². The van der Waals surface area contributed by atoms with Crippen molar-refractivity contribution in [3.8, 4) is 0 Å². The van der Waals surface area contributed by atoms with Gasteiger partial charge in [0.15, 0.2) is 0 Å². The Bertz CT molecular complexity index is 691. The Balaban J connectivity index is 1.48. The van der Waals surface area contributed by atoms with Crippen molar-refractivity contribution in [2.75, 3.05) is 26.2 Å². The second kappa shape index (κ2) is 8.29. The normalized spacial score (nSPS) is 16.2. The van der Waals surface area contributed by atoms with Crippen LogP contribution in [0.2, 0.25) is 0 Å². The highest BCUT2D eigenvalue weighted by Gasteiger charge is 2.20. The zero-order valence-corrected chi connectivity index (χ0v) is 15.3. The first-order valence-electron chi connectivity index (χ1n) is 9.15. The Morgan fingerprint density at radius 1 is 1.24 bits per heavy atom. The van der Waals surface area contributed by atoms with E-state index in [0.29, 0.717) is 13.0 Å². The zero-order valence-electron chi connectivity index (χ0n) is 15.3. The summed E-state index contributed by atoms with van der Waals surface area (Å²) in [6.07, 6.45) is 9.23. The number of carbonyl (C=O) groups is 1. The molecule has 0 bridgehead atoms. The van der Waals surface area contributed by atoms with Crippen molar-refractivity contribution in [1.82, 2.24) is 29.1 Å². The molecule has 2 aromatic rings. The van der Waals surface area contributed by atoms with Gasteiger partial charge in [-0.05, 0) is 25.8 Å². The van der Waals surface area contributed by atoms with E-state index in [2.05, 4.69) is 26.5 Å². The standard InChI is InChI=1S/C18H28N6O/c1-3-22-10-6-19-17(22)15-21-7-4-8-23(12-11-21)18(25)5-9-24-14-16(2)13-20-24/h6,10,13-14H,3-5,7-9,11-12,15H2,1-2H3. The molecule has 0 aliphatic carbocycles. The predicted molar refractivity (Wildman–Crippen MR) is 96.0 cm³/mol. The summed E-state index contributed by atoms with van der Waals surface area (Å²) in [5, 5.41) is 4.25. The summed E-state index contributed by atoms with van der Waals surface area (Å²) >= 11 is 0. The van der Waals surface area contributed by atoms with E-state index in [1.807, 2.05) is 41.3 Å². The summed E-state index contributed by atoms with van der Waals surface area (Å²) in [6.45, 7) is 10.2. The van der Waals surface area contributed by atoms with Gasteiger partial charge in [-0.15, -0.1) is 0 Å². The number of imidazole rings is 1. The first-order valence-corrected chi connectivity index (χ1v) is 9.15.